The number of hydrogen-bond acceptors (Lipinski definition) is 3. The van der Waals surface area contributed by atoms with Crippen molar-refractivity contribution in [2.45, 2.75) is 142 Å². The molecule has 0 saturated carbocycles. The third kappa shape index (κ3) is 22.9. The number of hydrogen-bond donors (Lipinski definition) is 0. The Morgan fingerprint density at radius 2 is 1.00 bits per heavy atom. The first-order valence-electron chi connectivity index (χ1n) is 14.3. The zero-order chi connectivity index (χ0) is 24.4. The lowest BCUT2D eigenvalue weighted by Gasteiger charge is -2.29. The molecule has 0 fully saturated rings. The highest BCUT2D eigenvalue weighted by Gasteiger charge is 2.20. The van der Waals surface area contributed by atoms with Gasteiger partial charge in [-0.1, -0.05) is 102 Å². The van der Waals surface area contributed by atoms with Gasteiger partial charge >= 0.3 is 0 Å². The molecule has 0 radical (unpaired) electrons. The van der Waals surface area contributed by atoms with Crippen molar-refractivity contribution < 1.29 is 9.47 Å². The molecule has 0 saturated heterocycles. The van der Waals surface area contributed by atoms with Gasteiger partial charge in [0, 0.05) is 13.2 Å². The summed E-state index contributed by atoms with van der Waals surface area (Å²) in [5.74, 6) is 0. The molecule has 3 heteroatoms. The molecule has 0 aromatic carbocycles. The summed E-state index contributed by atoms with van der Waals surface area (Å²) in [6.07, 6.45) is 30.9. The van der Waals surface area contributed by atoms with Crippen LogP contribution in [0.5, 0.6) is 0 Å². The van der Waals surface area contributed by atoms with E-state index in [9.17, 15) is 0 Å². The second-order valence-electron chi connectivity index (χ2n) is 9.81. The summed E-state index contributed by atoms with van der Waals surface area (Å²) in [4.78, 5) is 2.19. The van der Waals surface area contributed by atoms with E-state index in [2.05, 4.69) is 64.1 Å². The summed E-state index contributed by atoms with van der Waals surface area (Å²) >= 11 is 0. The van der Waals surface area contributed by atoms with E-state index in [4.69, 9.17) is 9.47 Å². The van der Waals surface area contributed by atoms with Gasteiger partial charge in [0.1, 0.15) is 0 Å². The van der Waals surface area contributed by atoms with Gasteiger partial charge in [0.25, 0.3) is 0 Å². The zero-order valence-electron chi connectivity index (χ0n) is 23.2. The molecule has 0 bridgehead atoms. The van der Waals surface area contributed by atoms with Gasteiger partial charge in [0.05, 0.1) is 6.04 Å². The lowest BCUT2D eigenvalue weighted by molar-refractivity contribution is -0.172. The van der Waals surface area contributed by atoms with Gasteiger partial charge in [-0.2, -0.15) is 0 Å². The van der Waals surface area contributed by atoms with Gasteiger partial charge in [-0.15, -0.1) is 0 Å². The van der Waals surface area contributed by atoms with Crippen LogP contribution < -0.4 is 0 Å². The maximum atomic E-state index is 6.13. The summed E-state index contributed by atoms with van der Waals surface area (Å²) in [7, 11) is 4.21. The molecule has 0 heterocycles. The molecule has 0 spiro atoms. The largest absolute Gasteiger partial charge is 0.351 e. The van der Waals surface area contributed by atoms with Crippen molar-refractivity contribution in [1.29, 1.82) is 0 Å². The summed E-state index contributed by atoms with van der Waals surface area (Å²) in [5.41, 5.74) is 0. The third-order valence-electron chi connectivity index (χ3n) is 6.37. The third-order valence-corrected chi connectivity index (χ3v) is 6.37. The number of nitrogens with zero attached hydrogens (tertiary/aromatic N) is 1. The second kappa shape index (κ2) is 26.0. The smallest absolute Gasteiger partial charge is 0.172 e. The average molecular weight is 466 g/mol. The molecule has 196 valence electrons. The molecule has 0 aliphatic rings. The fraction of sp³-hybridized carbons (Fsp3) is 0.867. The lowest BCUT2D eigenvalue weighted by atomic mass is 10.1. The molecule has 0 N–H and O–H groups in total. The van der Waals surface area contributed by atoms with Gasteiger partial charge in [0.2, 0.25) is 0 Å². The molecule has 3 nitrogen and oxygen atoms in total. The Labute approximate surface area is 208 Å². The predicted molar refractivity (Wildman–Crippen MR) is 147 cm³/mol. The van der Waals surface area contributed by atoms with Crippen LogP contribution in [0.3, 0.4) is 0 Å². The van der Waals surface area contributed by atoms with E-state index < -0.39 is 0 Å². The van der Waals surface area contributed by atoms with Gasteiger partial charge in [-0.3, -0.25) is 0 Å². The summed E-state index contributed by atoms with van der Waals surface area (Å²) in [5, 5.41) is 0. The Balaban J connectivity index is 3.66. The molecular weight excluding hydrogens is 406 g/mol. The van der Waals surface area contributed by atoms with Crippen molar-refractivity contribution in [2.75, 3.05) is 27.3 Å². The molecule has 0 aromatic heterocycles. The van der Waals surface area contributed by atoms with E-state index in [1.165, 1.54) is 89.9 Å². The molecule has 0 aliphatic carbocycles. The van der Waals surface area contributed by atoms with E-state index in [-0.39, 0.29) is 12.3 Å². The summed E-state index contributed by atoms with van der Waals surface area (Å²) in [6, 6.07) is 0.283. The molecule has 0 aliphatic heterocycles. The number of unbranched alkanes of at least 4 members (excludes halogenated alkanes) is 13. The van der Waals surface area contributed by atoms with Crippen LogP contribution in [-0.4, -0.2) is 44.5 Å². The highest BCUT2D eigenvalue weighted by molar-refractivity contribution is 4.92. The van der Waals surface area contributed by atoms with Gasteiger partial charge in [-0.25, -0.2) is 0 Å². The maximum Gasteiger partial charge on any atom is 0.172 e. The van der Waals surface area contributed by atoms with Gasteiger partial charge in [0.15, 0.2) is 6.29 Å². The number of ether oxygens (including phenoxy) is 2. The minimum absolute atomic E-state index is 0.107. The molecule has 0 rings (SSSR count). The van der Waals surface area contributed by atoms with Crippen LogP contribution >= 0.6 is 0 Å². The predicted octanol–water partition coefficient (Wildman–Crippen LogP) is 9.08. The Morgan fingerprint density at radius 1 is 0.576 bits per heavy atom. The SMILES string of the molecule is CCCCC/C=C\C/C=C\CCCCCCCCOC(OCCCCCCC)C(C)N(C)C. The van der Waals surface area contributed by atoms with Crippen molar-refractivity contribution in [3.05, 3.63) is 24.3 Å². The topological polar surface area (TPSA) is 21.7 Å². The number of likely N-dealkylation sites (N-methyl/N-ethyl adjacent to an activating group) is 1. The first-order chi connectivity index (χ1) is 16.1. The van der Waals surface area contributed by atoms with Crippen molar-refractivity contribution in [3.63, 3.8) is 0 Å². The lowest BCUT2D eigenvalue weighted by Crippen LogP contribution is -2.40. The summed E-state index contributed by atoms with van der Waals surface area (Å²) in [6.45, 7) is 8.34. The minimum Gasteiger partial charge on any atom is -0.351 e. The van der Waals surface area contributed by atoms with Crippen LogP contribution in [0.25, 0.3) is 0 Å². The fourth-order valence-electron chi connectivity index (χ4n) is 3.76. The number of allylic oxidation sites excluding steroid dienone is 4. The average Bonchev–Trinajstić information content (AvgIpc) is 2.81. The van der Waals surface area contributed by atoms with Crippen LogP contribution in [0.15, 0.2) is 24.3 Å². The van der Waals surface area contributed by atoms with Crippen LogP contribution in [0, 0.1) is 0 Å². The molecule has 33 heavy (non-hydrogen) atoms. The Morgan fingerprint density at radius 3 is 1.52 bits per heavy atom. The second-order valence-corrected chi connectivity index (χ2v) is 9.81. The zero-order valence-corrected chi connectivity index (χ0v) is 23.2. The normalized spacial score (nSPS) is 14.1. The molecule has 0 amide bonds. The fourth-order valence-corrected chi connectivity index (χ4v) is 3.76. The van der Waals surface area contributed by atoms with Crippen LogP contribution in [0.1, 0.15) is 130 Å². The van der Waals surface area contributed by atoms with Gasteiger partial charge in [-0.05, 0) is 66.0 Å². The number of rotatable bonds is 25. The van der Waals surface area contributed by atoms with Crippen molar-refractivity contribution >= 4 is 0 Å². The Hall–Kier alpha value is -0.640. The molecule has 2 unspecified atom stereocenters. The maximum absolute atomic E-state index is 6.13. The van der Waals surface area contributed by atoms with Crippen molar-refractivity contribution in [2.24, 2.45) is 0 Å². The van der Waals surface area contributed by atoms with E-state index in [0.29, 0.717) is 0 Å². The Bertz CT molecular complexity index is 433. The monoisotopic (exact) mass is 465 g/mol. The first kappa shape index (κ1) is 32.4. The summed E-state index contributed by atoms with van der Waals surface area (Å²) < 4.78 is 12.2. The minimum atomic E-state index is -0.107. The first-order valence-corrected chi connectivity index (χ1v) is 14.3. The highest BCUT2D eigenvalue weighted by atomic mass is 16.7. The van der Waals surface area contributed by atoms with E-state index in [1.54, 1.807) is 0 Å². The van der Waals surface area contributed by atoms with E-state index >= 15 is 0 Å². The highest BCUT2D eigenvalue weighted by Crippen LogP contribution is 2.12. The van der Waals surface area contributed by atoms with Crippen molar-refractivity contribution in [1.82, 2.24) is 4.90 Å². The standard InChI is InChI=1S/C30H59NO2/c1-6-8-10-12-13-14-15-16-17-18-19-20-21-22-24-26-28-33-30(29(3)31(4)5)32-27-25-23-11-9-7-2/h13-14,16-17,29-30H,6-12,15,18-28H2,1-5H3/b14-13-,17-16-. The van der Waals surface area contributed by atoms with Crippen LogP contribution in [-0.2, 0) is 9.47 Å². The quantitative estimate of drug-likeness (QED) is 0.0762. The van der Waals surface area contributed by atoms with Gasteiger partial charge < -0.3 is 14.4 Å². The van der Waals surface area contributed by atoms with Crippen LogP contribution in [0.4, 0.5) is 0 Å². The molecular formula is C30H59NO2. The van der Waals surface area contributed by atoms with E-state index in [1.807, 2.05) is 0 Å². The Kier molecular flexibility index (Phi) is 25.5. The van der Waals surface area contributed by atoms with Crippen molar-refractivity contribution in [3.8, 4) is 0 Å². The molecule has 0 aromatic rings. The van der Waals surface area contributed by atoms with E-state index in [0.717, 1.165) is 32.5 Å². The molecule has 2 atom stereocenters. The van der Waals surface area contributed by atoms with Crippen LogP contribution in [0.2, 0.25) is 0 Å².